The number of nitro benzene ring substituents is 1. The minimum atomic E-state index is -0.466. The van der Waals surface area contributed by atoms with Crippen LogP contribution in [0.25, 0.3) is 4.85 Å². The summed E-state index contributed by atoms with van der Waals surface area (Å²) in [5.74, 6) is 0. The van der Waals surface area contributed by atoms with Crippen molar-refractivity contribution in [3.63, 3.8) is 0 Å². The van der Waals surface area contributed by atoms with E-state index in [9.17, 15) is 10.1 Å². The van der Waals surface area contributed by atoms with Gasteiger partial charge in [-0.15, -0.1) is 0 Å². The number of halogens is 1. The highest BCUT2D eigenvalue weighted by Gasteiger charge is 2.09. The number of rotatable bonds is 2. The van der Waals surface area contributed by atoms with Crippen LogP contribution in [0, 0.1) is 16.7 Å². The van der Waals surface area contributed by atoms with Crippen LogP contribution in [-0.2, 0) is 6.54 Å². The van der Waals surface area contributed by atoms with Crippen molar-refractivity contribution in [2.24, 2.45) is 0 Å². The summed E-state index contributed by atoms with van der Waals surface area (Å²) in [6.45, 7) is 6.88. The minimum absolute atomic E-state index is 0.0283. The van der Waals surface area contributed by atoms with Crippen LogP contribution in [0.5, 0.6) is 0 Å². The lowest BCUT2D eigenvalue weighted by Crippen LogP contribution is -1.89. The van der Waals surface area contributed by atoms with E-state index >= 15 is 0 Å². The van der Waals surface area contributed by atoms with Crippen molar-refractivity contribution in [2.75, 3.05) is 0 Å². The normalized spacial score (nSPS) is 9.23. The zero-order valence-corrected chi connectivity index (χ0v) is 8.11. The van der Waals surface area contributed by atoms with Gasteiger partial charge in [-0.3, -0.25) is 10.1 Å². The van der Waals surface area contributed by atoms with E-state index in [-0.39, 0.29) is 12.2 Å². The van der Waals surface area contributed by atoms with Gasteiger partial charge in [-0.25, -0.2) is 6.57 Å². The largest absolute Gasteiger partial charge is 0.312 e. The van der Waals surface area contributed by atoms with Crippen molar-refractivity contribution in [3.8, 4) is 0 Å². The van der Waals surface area contributed by atoms with Gasteiger partial charge in [0.05, 0.1) is 4.92 Å². The maximum Gasteiger partial charge on any atom is 0.270 e. The van der Waals surface area contributed by atoms with Crippen molar-refractivity contribution in [1.29, 1.82) is 0 Å². The molecule has 66 valence electrons. The molecule has 0 unspecified atom stereocenters. The molecule has 1 aromatic carbocycles. The second kappa shape index (κ2) is 4.01. The van der Waals surface area contributed by atoms with Gasteiger partial charge in [0.15, 0.2) is 0 Å². The molecule has 0 fully saturated rings. The molecule has 0 aromatic heterocycles. The van der Waals surface area contributed by atoms with Crippen molar-refractivity contribution in [3.05, 3.63) is 49.8 Å². The van der Waals surface area contributed by atoms with E-state index in [1.54, 1.807) is 6.07 Å². The molecule has 1 rings (SSSR count). The molecule has 0 saturated carbocycles. The molecule has 0 heterocycles. The van der Waals surface area contributed by atoms with Crippen LogP contribution in [0.1, 0.15) is 5.56 Å². The summed E-state index contributed by atoms with van der Waals surface area (Å²) < 4.78 is 0.609. The van der Waals surface area contributed by atoms with Crippen molar-refractivity contribution < 1.29 is 4.92 Å². The first-order valence-corrected chi connectivity index (χ1v) is 4.20. The summed E-state index contributed by atoms with van der Waals surface area (Å²) in [5, 5.41) is 10.3. The SMILES string of the molecule is [C-]#[N+]Cc1ccc([N+](=O)[O-])cc1Br. The fourth-order valence-electron chi connectivity index (χ4n) is 0.863. The van der Waals surface area contributed by atoms with E-state index in [1.807, 2.05) is 0 Å². The highest BCUT2D eigenvalue weighted by Crippen LogP contribution is 2.23. The molecule has 13 heavy (non-hydrogen) atoms. The lowest BCUT2D eigenvalue weighted by Gasteiger charge is -1.96. The summed E-state index contributed by atoms with van der Waals surface area (Å²) in [6.07, 6.45) is 0. The first-order valence-electron chi connectivity index (χ1n) is 3.41. The van der Waals surface area contributed by atoms with Gasteiger partial charge in [-0.05, 0) is 22.0 Å². The van der Waals surface area contributed by atoms with Gasteiger partial charge in [-0.2, -0.15) is 0 Å². The van der Waals surface area contributed by atoms with Crippen LogP contribution in [0.3, 0.4) is 0 Å². The first-order chi connectivity index (χ1) is 6.15. The third-order valence-electron chi connectivity index (χ3n) is 1.50. The standard InChI is InChI=1S/C8H5BrN2O2/c1-10-5-6-2-3-7(11(12)13)4-8(6)9/h2-4H,5H2. The highest BCUT2D eigenvalue weighted by atomic mass is 79.9. The summed E-state index contributed by atoms with van der Waals surface area (Å²) >= 11 is 3.17. The zero-order chi connectivity index (χ0) is 9.84. The smallest absolute Gasteiger partial charge is 0.270 e. The zero-order valence-electron chi connectivity index (χ0n) is 6.53. The molecule has 0 saturated heterocycles. The molecule has 0 bridgehead atoms. The molecule has 0 atom stereocenters. The highest BCUT2D eigenvalue weighted by molar-refractivity contribution is 9.10. The van der Waals surface area contributed by atoms with Crippen molar-refractivity contribution >= 4 is 21.6 Å². The van der Waals surface area contributed by atoms with Crippen LogP contribution in [0.4, 0.5) is 5.69 Å². The minimum Gasteiger partial charge on any atom is -0.312 e. The Bertz CT molecular complexity index is 384. The number of hydrogen-bond donors (Lipinski definition) is 0. The van der Waals surface area contributed by atoms with Crippen LogP contribution in [0.15, 0.2) is 22.7 Å². The Morgan fingerprint density at radius 1 is 1.62 bits per heavy atom. The van der Waals surface area contributed by atoms with Gasteiger partial charge in [0, 0.05) is 22.2 Å². The quantitative estimate of drug-likeness (QED) is 0.454. The van der Waals surface area contributed by atoms with Crippen LogP contribution in [0.2, 0.25) is 0 Å². The van der Waals surface area contributed by atoms with Crippen molar-refractivity contribution in [2.45, 2.75) is 6.54 Å². The van der Waals surface area contributed by atoms with Gasteiger partial charge in [-0.1, -0.05) is 0 Å². The van der Waals surface area contributed by atoms with Gasteiger partial charge >= 0.3 is 0 Å². The molecule has 5 heteroatoms. The topological polar surface area (TPSA) is 47.5 Å². The maximum absolute atomic E-state index is 10.3. The Hall–Kier alpha value is -1.41. The van der Waals surface area contributed by atoms with E-state index in [0.717, 1.165) is 5.56 Å². The Balaban J connectivity index is 3.07. The summed E-state index contributed by atoms with van der Waals surface area (Å²) in [6, 6.07) is 4.38. The van der Waals surface area contributed by atoms with Crippen LogP contribution >= 0.6 is 15.9 Å². The third-order valence-corrected chi connectivity index (χ3v) is 2.24. The van der Waals surface area contributed by atoms with E-state index < -0.39 is 4.92 Å². The van der Waals surface area contributed by atoms with Crippen LogP contribution < -0.4 is 0 Å². The molecule has 0 amide bonds. The molecule has 1 aromatic rings. The summed E-state index contributed by atoms with van der Waals surface area (Å²) in [5.41, 5.74) is 0.793. The Labute approximate surface area is 83.3 Å². The molecule has 0 radical (unpaired) electrons. The maximum atomic E-state index is 10.3. The van der Waals surface area contributed by atoms with Gasteiger partial charge < -0.3 is 4.85 Å². The first kappa shape index (κ1) is 9.68. The number of non-ortho nitro benzene ring substituents is 1. The lowest BCUT2D eigenvalue weighted by atomic mass is 10.2. The van der Waals surface area contributed by atoms with E-state index in [4.69, 9.17) is 6.57 Å². The number of nitrogens with zero attached hydrogens (tertiary/aromatic N) is 2. The Morgan fingerprint density at radius 3 is 2.77 bits per heavy atom. The molecule has 0 aliphatic rings. The fourth-order valence-corrected chi connectivity index (χ4v) is 1.36. The Kier molecular flexibility index (Phi) is 2.98. The Morgan fingerprint density at radius 2 is 2.31 bits per heavy atom. The monoisotopic (exact) mass is 240 g/mol. The molecule has 4 nitrogen and oxygen atoms in total. The molecule has 0 aliphatic heterocycles. The molecule has 0 N–H and O–H groups in total. The third kappa shape index (κ3) is 2.26. The number of nitro groups is 1. The second-order valence-corrected chi connectivity index (χ2v) is 3.20. The summed E-state index contributed by atoms with van der Waals surface area (Å²) in [4.78, 5) is 13.1. The fraction of sp³-hybridized carbons (Fsp3) is 0.125. The van der Waals surface area contributed by atoms with Gasteiger partial charge in [0.1, 0.15) is 0 Å². The van der Waals surface area contributed by atoms with Crippen LogP contribution in [-0.4, -0.2) is 4.92 Å². The average molecular weight is 241 g/mol. The van der Waals surface area contributed by atoms with Gasteiger partial charge in [0.2, 0.25) is 6.54 Å². The van der Waals surface area contributed by atoms with Gasteiger partial charge in [0.25, 0.3) is 5.69 Å². The van der Waals surface area contributed by atoms with E-state index in [1.165, 1.54) is 12.1 Å². The predicted octanol–water partition coefficient (Wildman–Crippen LogP) is 2.78. The second-order valence-electron chi connectivity index (χ2n) is 2.35. The number of benzene rings is 1. The van der Waals surface area contributed by atoms with E-state index in [2.05, 4.69) is 20.8 Å². The molecule has 0 aliphatic carbocycles. The molecular formula is C8H5BrN2O2. The van der Waals surface area contributed by atoms with E-state index in [0.29, 0.717) is 4.47 Å². The average Bonchev–Trinajstić information content (AvgIpc) is 2.08. The summed E-state index contributed by atoms with van der Waals surface area (Å²) in [7, 11) is 0. The predicted molar refractivity (Wildman–Crippen MR) is 51.1 cm³/mol. The number of hydrogen-bond acceptors (Lipinski definition) is 2. The molecule has 0 spiro atoms. The molecular weight excluding hydrogens is 236 g/mol. The van der Waals surface area contributed by atoms with Crippen molar-refractivity contribution in [1.82, 2.24) is 0 Å². The lowest BCUT2D eigenvalue weighted by molar-refractivity contribution is -0.384.